The van der Waals surface area contributed by atoms with Gasteiger partial charge in [0, 0.05) is 71.5 Å². The third-order valence-electron chi connectivity index (χ3n) is 8.00. The molecule has 0 aromatic heterocycles. The largest absolute Gasteiger partial charge is 0.460 e. The van der Waals surface area contributed by atoms with E-state index >= 15 is 0 Å². The highest BCUT2D eigenvalue weighted by Gasteiger charge is 2.20. The van der Waals surface area contributed by atoms with Crippen molar-refractivity contribution in [3.05, 3.63) is 12.7 Å². The van der Waals surface area contributed by atoms with E-state index < -0.39 is 16.8 Å². The van der Waals surface area contributed by atoms with Gasteiger partial charge < -0.3 is 44.4 Å². The van der Waals surface area contributed by atoms with E-state index in [1.807, 2.05) is 62.3 Å². The Morgan fingerprint density at radius 1 is 0.608 bits per heavy atom. The number of carbonyl (C=O) groups is 3. The van der Waals surface area contributed by atoms with Gasteiger partial charge in [-0.3, -0.25) is 9.59 Å². The lowest BCUT2D eigenvalue weighted by Crippen LogP contribution is -2.44. The predicted octanol–water partition coefficient (Wildman–Crippen LogP) is 4.27. The average molecular weight is 727 g/mol. The third kappa shape index (κ3) is 31.2. The summed E-state index contributed by atoms with van der Waals surface area (Å²) in [7, 11) is 4.36. The highest BCUT2D eigenvalue weighted by molar-refractivity contribution is 5.81. The van der Waals surface area contributed by atoms with Crippen LogP contribution in [-0.2, 0) is 28.6 Å². The maximum absolute atomic E-state index is 12.1. The zero-order valence-electron chi connectivity index (χ0n) is 34.7. The molecule has 2 heterocycles. The summed E-state index contributed by atoms with van der Waals surface area (Å²) in [5, 5.41) is 0. The first kappa shape index (κ1) is 48.9. The number of hydrogen-bond donors (Lipinski definition) is 1. The number of likely N-dealkylation sites (N-methyl/N-ethyl adjacent to an activating group) is 2. The Bertz CT molecular complexity index is 927. The summed E-state index contributed by atoms with van der Waals surface area (Å²) >= 11 is 0. The van der Waals surface area contributed by atoms with Crippen LogP contribution in [0.4, 0.5) is 0 Å². The molecule has 2 N–H and O–H groups in total. The summed E-state index contributed by atoms with van der Waals surface area (Å²) in [6.45, 7) is 34.7. The molecule has 2 rings (SSSR count). The Hall–Kier alpha value is -2.09. The molecule has 2 aliphatic heterocycles. The molecule has 2 aliphatic rings. The van der Waals surface area contributed by atoms with Crippen LogP contribution in [0, 0.1) is 0 Å². The van der Waals surface area contributed by atoms with Crippen molar-refractivity contribution < 1.29 is 28.6 Å². The highest BCUT2D eigenvalue weighted by atomic mass is 16.6. The summed E-state index contributed by atoms with van der Waals surface area (Å²) in [5.41, 5.74) is 4.10. The number of nitrogens with two attached hydrogens (primary N) is 1. The Balaban J connectivity index is 0.000000963. The fourth-order valence-corrected chi connectivity index (χ4v) is 5.26. The van der Waals surface area contributed by atoms with E-state index in [1.165, 1.54) is 45.6 Å². The fraction of sp³-hybridized carbons (Fsp3) is 0.872. The molecular weight excluding hydrogens is 648 g/mol. The van der Waals surface area contributed by atoms with Crippen LogP contribution in [0.3, 0.4) is 0 Å². The lowest BCUT2D eigenvalue weighted by Gasteiger charge is -2.32. The number of nitrogens with zero attached hydrogens (tertiary/aromatic N) is 5. The zero-order valence-corrected chi connectivity index (χ0v) is 34.7. The van der Waals surface area contributed by atoms with Gasteiger partial charge >= 0.3 is 17.9 Å². The average Bonchev–Trinajstić information content (AvgIpc) is 3.00. The predicted molar refractivity (Wildman–Crippen MR) is 209 cm³/mol. The number of esters is 3. The van der Waals surface area contributed by atoms with Gasteiger partial charge in [-0.2, -0.15) is 0 Å². The van der Waals surface area contributed by atoms with Crippen molar-refractivity contribution in [1.82, 2.24) is 24.5 Å². The van der Waals surface area contributed by atoms with Gasteiger partial charge in [0.1, 0.15) is 16.8 Å². The smallest absolute Gasteiger partial charge is 0.330 e. The van der Waals surface area contributed by atoms with E-state index in [4.69, 9.17) is 19.9 Å². The SMILES string of the molecule is C=CC(=O)OC(C)(C)C.CN1CCN(CCCCN(CCC(=O)OC(C)(C)C)CCC(=O)OC(C)(C)C)CC1.CN1CCN(CCCCN)CC1. The van der Waals surface area contributed by atoms with E-state index in [0.29, 0.717) is 25.9 Å². The molecule has 0 amide bonds. The van der Waals surface area contributed by atoms with Crippen LogP contribution < -0.4 is 5.73 Å². The molecule has 0 bridgehead atoms. The number of unbranched alkanes of at least 4 members (excludes halogenated alkanes) is 2. The summed E-state index contributed by atoms with van der Waals surface area (Å²) < 4.78 is 15.7. The van der Waals surface area contributed by atoms with Gasteiger partial charge in [0.05, 0.1) is 12.8 Å². The van der Waals surface area contributed by atoms with E-state index in [-0.39, 0.29) is 17.9 Å². The molecule has 12 nitrogen and oxygen atoms in total. The van der Waals surface area contributed by atoms with Gasteiger partial charge in [0.2, 0.25) is 0 Å². The highest BCUT2D eigenvalue weighted by Crippen LogP contribution is 2.12. The van der Waals surface area contributed by atoms with E-state index in [2.05, 4.69) is 45.2 Å². The van der Waals surface area contributed by atoms with Crippen molar-refractivity contribution in [1.29, 1.82) is 0 Å². The maximum Gasteiger partial charge on any atom is 0.330 e. The maximum atomic E-state index is 12.1. The zero-order chi connectivity index (χ0) is 39.1. The molecule has 2 fully saturated rings. The van der Waals surface area contributed by atoms with Crippen molar-refractivity contribution in [2.45, 2.75) is 118 Å². The van der Waals surface area contributed by atoms with Crippen molar-refractivity contribution >= 4 is 17.9 Å². The Kier molecular flexibility index (Phi) is 24.8. The second-order valence-corrected chi connectivity index (χ2v) is 16.7. The van der Waals surface area contributed by atoms with Crippen LogP contribution in [0.15, 0.2) is 12.7 Å². The monoisotopic (exact) mass is 727 g/mol. The van der Waals surface area contributed by atoms with Crippen LogP contribution >= 0.6 is 0 Å². The molecule has 300 valence electrons. The number of hydrogen-bond acceptors (Lipinski definition) is 12. The third-order valence-corrected chi connectivity index (χ3v) is 8.00. The Labute approximate surface area is 312 Å². The van der Waals surface area contributed by atoms with Gasteiger partial charge in [0.15, 0.2) is 0 Å². The Morgan fingerprint density at radius 2 is 0.980 bits per heavy atom. The molecule has 2 saturated heterocycles. The van der Waals surface area contributed by atoms with Crippen LogP contribution in [0.25, 0.3) is 0 Å². The molecule has 51 heavy (non-hydrogen) atoms. The molecule has 0 aromatic rings. The van der Waals surface area contributed by atoms with Gasteiger partial charge in [0.25, 0.3) is 0 Å². The van der Waals surface area contributed by atoms with Gasteiger partial charge in [-0.1, -0.05) is 6.58 Å². The first-order valence-corrected chi connectivity index (χ1v) is 19.2. The standard InChI is InChI=1S/C23H45N3O4.C9H21N3.C7H12O2/c1-22(2,3)29-20(27)10-14-25(15-11-21(28)30-23(4,5)6)12-8-9-13-26-18-16-24(7)17-19-26;1-11-6-8-12(9-7-11)5-3-2-4-10;1-5-6(8)9-7(2,3)4/h8-19H2,1-7H3;2-10H2,1H3;5H,1H2,2-4H3. The molecule has 0 aromatic carbocycles. The summed E-state index contributed by atoms with van der Waals surface area (Å²) in [6.07, 6.45) is 6.44. The van der Waals surface area contributed by atoms with E-state index in [1.54, 1.807) is 0 Å². The normalized spacial score (nSPS) is 16.7. The van der Waals surface area contributed by atoms with Crippen LogP contribution in [-0.4, -0.2) is 165 Å². The van der Waals surface area contributed by atoms with Crippen molar-refractivity contribution in [2.75, 3.05) is 106 Å². The molecule has 0 spiro atoms. The van der Waals surface area contributed by atoms with Crippen LogP contribution in [0.5, 0.6) is 0 Å². The summed E-state index contributed by atoms with van der Waals surface area (Å²) in [6, 6.07) is 0. The lowest BCUT2D eigenvalue weighted by molar-refractivity contribution is -0.155. The number of rotatable bonds is 16. The second-order valence-electron chi connectivity index (χ2n) is 16.7. The molecule has 12 heteroatoms. The quantitative estimate of drug-likeness (QED) is 0.106. The fourth-order valence-electron chi connectivity index (χ4n) is 5.26. The van der Waals surface area contributed by atoms with Crippen LogP contribution in [0.2, 0.25) is 0 Å². The number of carbonyl (C=O) groups excluding carboxylic acids is 3. The topological polar surface area (TPSA) is 121 Å². The van der Waals surface area contributed by atoms with E-state index in [9.17, 15) is 14.4 Å². The minimum Gasteiger partial charge on any atom is -0.460 e. The van der Waals surface area contributed by atoms with Crippen molar-refractivity contribution in [3.8, 4) is 0 Å². The molecule has 0 unspecified atom stereocenters. The summed E-state index contributed by atoms with van der Waals surface area (Å²) in [5.74, 6) is -0.757. The molecular formula is C39H78N6O6. The first-order chi connectivity index (χ1) is 23.6. The van der Waals surface area contributed by atoms with Gasteiger partial charge in [-0.15, -0.1) is 0 Å². The first-order valence-electron chi connectivity index (χ1n) is 19.2. The lowest BCUT2D eigenvalue weighted by atomic mass is 10.2. The summed E-state index contributed by atoms with van der Waals surface area (Å²) in [4.78, 5) is 46.7. The minimum atomic E-state index is -0.471. The van der Waals surface area contributed by atoms with Gasteiger partial charge in [-0.05, 0) is 128 Å². The van der Waals surface area contributed by atoms with Gasteiger partial charge in [-0.25, -0.2) is 4.79 Å². The molecule has 0 aliphatic carbocycles. The van der Waals surface area contributed by atoms with Crippen molar-refractivity contribution in [3.63, 3.8) is 0 Å². The molecule has 0 radical (unpaired) electrons. The Morgan fingerprint density at radius 3 is 1.29 bits per heavy atom. The molecule has 0 saturated carbocycles. The second kappa shape index (κ2) is 25.8. The molecule has 0 atom stereocenters. The minimum absolute atomic E-state index is 0.192. The van der Waals surface area contributed by atoms with Crippen LogP contribution in [0.1, 0.15) is 101 Å². The number of piperazine rings is 2. The number of ether oxygens (including phenoxy) is 3. The van der Waals surface area contributed by atoms with E-state index in [0.717, 1.165) is 64.7 Å². The van der Waals surface area contributed by atoms with Crippen molar-refractivity contribution in [2.24, 2.45) is 5.73 Å².